The predicted molar refractivity (Wildman–Crippen MR) is 133 cm³/mol. The molecule has 0 unspecified atom stereocenters. The lowest BCUT2D eigenvalue weighted by Gasteiger charge is -2.40. The molecule has 1 aromatic carbocycles. The number of hydrogen-bond acceptors (Lipinski definition) is 8. The fourth-order valence-corrected chi connectivity index (χ4v) is 6.31. The number of nitrogen functional groups attached to an aromatic ring is 1. The first-order valence-electron chi connectivity index (χ1n) is 11.3. The summed E-state index contributed by atoms with van der Waals surface area (Å²) in [5.41, 5.74) is 7.68. The highest BCUT2D eigenvalue weighted by Crippen LogP contribution is 2.50. The zero-order valence-electron chi connectivity index (χ0n) is 19.2. The molecule has 0 aliphatic heterocycles. The van der Waals surface area contributed by atoms with Gasteiger partial charge in [-0.25, -0.2) is 28.2 Å². The minimum Gasteiger partial charge on any atom is -0.384 e. The second kappa shape index (κ2) is 9.38. The molecular formula is C24H24N8O3S. The van der Waals surface area contributed by atoms with Gasteiger partial charge in [-0.05, 0) is 55.7 Å². The molecule has 0 atom stereocenters. The number of carbonyl (C=O) groups is 1. The summed E-state index contributed by atoms with van der Waals surface area (Å²) in [6, 6.07) is 11.1. The molecule has 184 valence electrons. The van der Waals surface area contributed by atoms with E-state index in [4.69, 9.17) is 5.73 Å². The van der Waals surface area contributed by atoms with Crippen LogP contribution in [0, 0.1) is 0 Å². The average molecular weight is 505 g/mol. The molecule has 0 bridgehead atoms. The van der Waals surface area contributed by atoms with E-state index < -0.39 is 14.6 Å². The highest BCUT2D eigenvalue weighted by molar-refractivity contribution is 7.92. The summed E-state index contributed by atoms with van der Waals surface area (Å²) >= 11 is 0. The van der Waals surface area contributed by atoms with Crippen LogP contribution in [-0.4, -0.2) is 39.4 Å². The molecule has 1 fully saturated rings. The molecule has 5 rings (SSSR count). The monoisotopic (exact) mass is 504 g/mol. The zero-order valence-corrected chi connectivity index (χ0v) is 20.0. The SMILES string of the molecule is Nc1cc(C2(S(=O)(=O)c3ccncc3)CCC2)nc(-c2ccc(NC(=O)NCc3ncc[nH]3)cc2)n1. The van der Waals surface area contributed by atoms with Crippen LogP contribution in [0.1, 0.15) is 30.8 Å². The number of hydrogen-bond donors (Lipinski definition) is 4. The molecule has 1 aliphatic rings. The minimum atomic E-state index is -3.72. The van der Waals surface area contributed by atoms with E-state index in [1.54, 1.807) is 42.7 Å². The second-order valence-corrected chi connectivity index (χ2v) is 10.7. The maximum atomic E-state index is 13.6. The molecule has 1 saturated carbocycles. The Bertz CT molecular complexity index is 1470. The fourth-order valence-electron chi connectivity index (χ4n) is 4.17. The van der Waals surface area contributed by atoms with E-state index in [0.717, 1.165) is 6.42 Å². The first-order chi connectivity index (χ1) is 17.4. The van der Waals surface area contributed by atoms with Gasteiger partial charge in [0.05, 0.1) is 17.1 Å². The summed E-state index contributed by atoms with van der Waals surface area (Å²) in [6.07, 6.45) is 7.88. The van der Waals surface area contributed by atoms with E-state index in [2.05, 4.69) is 35.6 Å². The summed E-state index contributed by atoms with van der Waals surface area (Å²) < 4.78 is 26.0. The molecule has 5 N–H and O–H groups in total. The number of nitrogens with one attached hydrogen (secondary N) is 3. The molecule has 12 heteroatoms. The number of pyridine rings is 1. The van der Waals surface area contributed by atoms with Gasteiger partial charge < -0.3 is 21.4 Å². The lowest BCUT2D eigenvalue weighted by molar-refractivity contribution is 0.251. The van der Waals surface area contributed by atoms with Crippen molar-refractivity contribution in [3.8, 4) is 11.4 Å². The van der Waals surface area contributed by atoms with E-state index in [9.17, 15) is 13.2 Å². The molecule has 2 amide bonds. The maximum absolute atomic E-state index is 13.6. The number of benzene rings is 1. The van der Waals surface area contributed by atoms with Crippen LogP contribution in [0.3, 0.4) is 0 Å². The number of aromatic amines is 1. The van der Waals surface area contributed by atoms with Crippen molar-refractivity contribution in [1.82, 2.24) is 30.2 Å². The Labute approximate surface area is 207 Å². The van der Waals surface area contributed by atoms with E-state index in [0.29, 0.717) is 41.4 Å². The van der Waals surface area contributed by atoms with Crippen LogP contribution < -0.4 is 16.4 Å². The van der Waals surface area contributed by atoms with Gasteiger partial charge in [0, 0.05) is 42.1 Å². The van der Waals surface area contributed by atoms with Crippen LogP contribution in [0.15, 0.2) is 72.1 Å². The standard InChI is InChI=1S/C24H24N8O3S/c25-20-14-19(24(8-1-9-24)36(34,35)18-6-10-26-11-7-18)31-22(32-20)16-2-4-17(5-3-16)30-23(33)29-15-21-27-12-13-28-21/h2-7,10-14H,1,8-9,15H2,(H,27,28)(H2,25,31,32)(H2,29,30,33). The number of amides is 2. The highest BCUT2D eigenvalue weighted by atomic mass is 32.2. The molecule has 4 aromatic rings. The molecule has 0 spiro atoms. The summed E-state index contributed by atoms with van der Waals surface area (Å²) in [4.78, 5) is 32.2. The van der Waals surface area contributed by atoms with Crippen molar-refractivity contribution >= 4 is 27.4 Å². The van der Waals surface area contributed by atoms with Crippen LogP contribution in [0.4, 0.5) is 16.3 Å². The van der Waals surface area contributed by atoms with Crippen molar-refractivity contribution in [2.24, 2.45) is 0 Å². The third-order valence-electron chi connectivity index (χ3n) is 6.22. The van der Waals surface area contributed by atoms with E-state index >= 15 is 0 Å². The fraction of sp³-hybridized carbons (Fsp3) is 0.208. The smallest absolute Gasteiger partial charge is 0.319 e. The first kappa shape index (κ1) is 23.4. The number of nitrogens with two attached hydrogens (primary N) is 1. The van der Waals surface area contributed by atoms with Crippen molar-refractivity contribution < 1.29 is 13.2 Å². The number of anilines is 2. The Kier molecular flexibility index (Phi) is 6.10. The molecule has 36 heavy (non-hydrogen) atoms. The van der Waals surface area contributed by atoms with Gasteiger partial charge >= 0.3 is 6.03 Å². The maximum Gasteiger partial charge on any atom is 0.319 e. The third kappa shape index (κ3) is 4.38. The molecule has 11 nitrogen and oxygen atoms in total. The van der Waals surface area contributed by atoms with Gasteiger partial charge in [0.15, 0.2) is 15.7 Å². The quantitative estimate of drug-likeness (QED) is 0.298. The largest absolute Gasteiger partial charge is 0.384 e. The van der Waals surface area contributed by atoms with Gasteiger partial charge in [0.1, 0.15) is 16.4 Å². The summed E-state index contributed by atoms with van der Waals surface area (Å²) in [5, 5.41) is 5.45. The minimum absolute atomic E-state index is 0.186. The molecular weight excluding hydrogens is 480 g/mol. The summed E-state index contributed by atoms with van der Waals surface area (Å²) in [6.45, 7) is 0.265. The number of sulfone groups is 1. The predicted octanol–water partition coefficient (Wildman–Crippen LogP) is 3.02. The van der Waals surface area contributed by atoms with Crippen LogP contribution in [0.25, 0.3) is 11.4 Å². The van der Waals surface area contributed by atoms with Crippen molar-refractivity contribution in [3.63, 3.8) is 0 Å². The topological polar surface area (TPSA) is 169 Å². The number of carbonyl (C=O) groups excluding carboxylic acids is 1. The number of urea groups is 1. The van der Waals surface area contributed by atoms with E-state index in [1.807, 2.05) is 0 Å². The van der Waals surface area contributed by atoms with Gasteiger partial charge in [-0.3, -0.25) is 4.98 Å². The van der Waals surface area contributed by atoms with Crippen molar-refractivity contribution in [1.29, 1.82) is 0 Å². The average Bonchev–Trinajstić information content (AvgIpc) is 3.36. The number of imidazole rings is 1. The van der Waals surface area contributed by atoms with Gasteiger partial charge in [-0.1, -0.05) is 0 Å². The molecule has 0 radical (unpaired) electrons. The Morgan fingerprint density at radius 2 is 1.81 bits per heavy atom. The Balaban J connectivity index is 1.37. The third-order valence-corrected chi connectivity index (χ3v) is 8.76. The number of rotatable bonds is 7. The lowest BCUT2D eigenvalue weighted by Crippen LogP contribution is -2.43. The van der Waals surface area contributed by atoms with Crippen LogP contribution in [0.5, 0.6) is 0 Å². The van der Waals surface area contributed by atoms with E-state index in [1.165, 1.54) is 24.5 Å². The Morgan fingerprint density at radius 1 is 1.06 bits per heavy atom. The van der Waals surface area contributed by atoms with Crippen LogP contribution in [-0.2, 0) is 21.1 Å². The van der Waals surface area contributed by atoms with Crippen molar-refractivity contribution in [2.75, 3.05) is 11.1 Å². The summed E-state index contributed by atoms with van der Waals surface area (Å²) in [5.74, 6) is 1.14. The molecule has 3 heterocycles. The van der Waals surface area contributed by atoms with Gasteiger partial charge in [0.25, 0.3) is 0 Å². The van der Waals surface area contributed by atoms with Crippen molar-refractivity contribution in [2.45, 2.75) is 35.4 Å². The molecule has 1 aliphatic carbocycles. The number of aromatic nitrogens is 5. The molecule has 0 saturated heterocycles. The van der Waals surface area contributed by atoms with Crippen LogP contribution in [0.2, 0.25) is 0 Å². The Hall–Kier alpha value is -4.32. The highest BCUT2D eigenvalue weighted by Gasteiger charge is 2.52. The van der Waals surface area contributed by atoms with Gasteiger partial charge in [-0.15, -0.1) is 0 Å². The molecule has 3 aromatic heterocycles. The zero-order chi connectivity index (χ0) is 25.2. The van der Waals surface area contributed by atoms with Gasteiger partial charge in [0.2, 0.25) is 0 Å². The van der Waals surface area contributed by atoms with Gasteiger partial charge in [-0.2, -0.15) is 0 Å². The van der Waals surface area contributed by atoms with E-state index in [-0.39, 0.29) is 23.3 Å². The number of nitrogens with zero attached hydrogens (tertiary/aromatic N) is 4. The van der Waals surface area contributed by atoms with Crippen LogP contribution >= 0.6 is 0 Å². The summed E-state index contributed by atoms with van der Waals surface area (Å²) in [7, 11) is -3.72. The Morgan fingerprint density at radius 3 is 2.44 bits per heavy atom. The first-order valence-corrected chi connectivity index (χ1v) is 12.8. The lowest BCUT2D eigenvalue weighted by atomic mass is 9.81. The van der Waals surface area contributed by atoms with Crippen molar-refractivity contribution in [3.05, 3.63) is 78.8 Å². The number of H-pyrrole nitrogens is 1. The second-order valence-electron chi connectivity index (χ2n) is 8.46. The normalized spacial score (nSPS) is 14.6.